The number of aryl methyl sites for hydroxylation is 1. The van der Waals surface area contributed by atoms with E-state index in [0.717, 1.165) is 10.0 Å². The van der Waals surface area contributed by atoms with Gasteiger partial charge < -0.3 is 9.64 Å². The number of halogens is 1. The van der Waals surface area contributed by atoms with Gasteiger partial charge in [-0.05, 0) is 37.6 Å². The highest BCUT2D eigenvalue weighted by Crippen LogP contribution is 2.18. The summed E-state index contributed by atoms with van der Waals surface area (Å²) < 4.78 is 5.55. The van der Waals surface area contributed by atoms with Crippen LogP contribution < -0.4 is 0 Å². The quantitative estimate of drug-likeness (QED) is 0.805. The molecule has 0 heterocycles. The van der Waals surface area contributed by atoms with Gasteiger partial charge in [0.2, 0.25) is 0 Å². The van der Waals surface area contributed by atoms with Crippen LogP contribution in [0.2, 0.25) is 0 Å². The number of carbonyl (C=O) groups excluding carboxylic acids is 2. The fourth-order valence-electron chi connectivity index (χ4n) is 1.56. The van der Waals surface area contributed by atoms with E-state index in [9.17, 15) is 9.59 Å². The Bertz CT molecular complexity index is 473. The number of carbonyl (C=O) groups is 2. The molecule has 98 valence electrons. The molecule has 0 bridgehead atoms. The highest BCUT2D eigenvalue weighted by atomic mass is 79.9. The first-order valence-corrected chi connectivity index (χ1v) is 6.29. The van der Waals surface area contributed by atoms with Crippen molar-refractivity contribution < 1.29 is 14.3 Å². The number of hydrogen-bond donors (Lipinski definition) is 0. The molecule has 0 aliphatic rings. The van der Waals surface area contributed by atoms with Gasteiger partial charge in [0.1, 0.15) is 6.04 Å². The van der Waals surface area contributed by atoms with E-state index in [2.05, 4.69) is 20.7 Å². The number of nitrogens with zero attached hydrogens (tertiary/aromatic N) is 1. The minimum atomic E-state index is -0.606. The summed E-state index contributed by atoms with van der Waals surface area (Å²) in [5.41, 5.74) is 1.44. The van der Waals surface area contributed by atoms with Crippen LogP contribution >= 0.6 is 15.9 Å². The molecule has 18 heavy (non-hydrogen) atoms. The molecular formula is C13H16BrNO3. The second kappa shape index (κ2) is 6.00. The van der Waals surface area contributed by atoms with Gasteiger partial charge in [-0.15, -0.1) is 0 Å². The Morgan fingerprint density at radius 2 is 2.00 bits per heavy atom. The van der Waals surface area contributed by atoms with Gasteiger partial charge in [0.05, 0.1) is 7.11 Å². The normalized spacial score (nSPS) is 11.8. The highest BCUT2D eigenvalue weighted by molar-refractivity contribution is 9.10. The molecule has 1 atom stereocenters. The molecule has 0 aliphatic heterocycles. The molecule has 5 heteroatoms. The molecule has 1 aromatic carbocycles. The first kappa shape index (κ1) is 14.7. The van der Waals surface area contributed by atoms with E-state index in [1.807, 2.05) is 13.0 Å². The van der Waals surface area contributed by atoms with Crippen LogP contribution in [-0.2, 0) is 9.53 Å². The average Bonchev–Trinajstić information content (AvgIpc) is 2.35. The van der Waals surface area contributed by atoms with Crippen LogP contribution in [0.1, 0.15) is 22.8 Å². The third kappa shape index (κ3) is 3.10. The zero-order valence-corrected chi connectivity index (χ0v) is 12.4. The van der Waals surface area contributed by atoms with Crippen molar-refractivity contribution in [2.45, 2.75) is 19.9 Å². The van der Waals surface area contributed by atoms with Crippen molar-refractivity contribution in [1.82, 2.24) is 4.90 Å². The lowest BCUT2D eigenvalue weighted by Crippen LogP contribution is -2.41. The molecule has 1 aromatic rings. The van der Waals surface area contributed by atoms with Crippen LogP contribution in [0.15, 0.2) is 22.7 Å². The van der Waals surface area contributed by atoms with Crippen molar-refractivity contribution in [2.75, 3.05) is 14.2 Å². The topological polar surface area (TPSA) is 46.6 Å². The van der Waals surface area contributed by atoms with Gasteiger partial charge in [0.15, 0.2) is 0 Å². The third-order valence-corrected chi connectivity index (χ3v) is 3.36. The SMILES string of the molecule is COC(=O)[C@H](C)N(C)C(=O)c1ccc(Br)cc1C. The fourth-order valence-corrected chi connectivity index (χ4v) is 2.04. The van der Waals surface area contributed by atoms with Crippen molar-refractivity contribution in [3.8, 4) is 0 Å². The molecule has 4 nitrogen and oxygen atoms in total. The van der Waals surface area contributed by atoms with Crippen LogP contribution in [0.5, 0.6) is 0 Å². The second-order valence-corrected chi connectivity index (χ2v) is 4.99. The molecule has 0 saturated heterocycles. The van der Waals surface area contributed by atoms with Gasteiger partial charge in [-0.2, -0.15) is 0 Å². The molecular weight excluding hydrogens is 298 g/mol. The van der Waals surface area contributed by atoms with E-state index in [-0.39, 0.29) is 5.91 Å². The molecule has 0 radical (unpaired) electrons. The van der Waals surface area contributed by atoms with Crippen molar-refractivity contribution in [3.05, 3.63) is 33.8 Å². The number of hydrogen-bond acceptors (Lipinski definition) is 3. The Balaban J connectivity index is 2.96. The van der Waals surface area contributed by atoms with Gasteiger partial charge in [-0.1, -0.05) is 15.9 Å². The standard InChI is InChI=1S/C13H16BrNO3/c1-8-7-10(14)5-6-11(8)12(16)15(3)9(2)13(17)18-4/h5-7,9H,1-4H3/t9-/m0/s1. The summed E-state index contributed by atoms with van der Waals surface area (Å²) in [6.07, 6.45) is 0. The summed E-state index contributed by atoms with van der Waals surface area (Å²) >= 11 is 3.35. The molecule has 0 N–H and O–H groups in total. The van der Waals surface area contributed by atoms with Gasteiger partial charge in [0, 0.05) is 17.1 Å². The number of ether oxygens (including phenoxy) is 1. The molecule has 0 spiro atoms. The fraction of sp³-hybridized carbons (Fsp3) is 0.385. The van der Waals surface area contributed by atoms with E-state index >= 15 is 0 Å². The number of methoxy groups -OCH3 is 1. The lowest BCUT2D eigenvalue weighted by molar-refractivity contribution is -0.144. The van der Waals surface area contributed by atoms with E-state index < -0.39 is 12.0 Å². The zero-order valence-electron chi connectivity index (χ0n) is 10.9. The maximum Gasteiger partial charge on any atom is 0.328 e. The zero-order chi connectivity index (χ0) is 13.9. The molecule has 0 unspecified atom stereocenters. The number of rotatable bonds is 3. The Morgan fingerprint density at radius 1 is 1.39 bits per heavy atom. The van der Waals surface area contributed by atoms with Gasteiger partial charge >= 0.3 is 5.97 Å². The summed E-state index contributed by atoms with van der Waals surface area (Å²) in [6.45, 7) is 3.49. The van der Waals surface area contributed by atoms with Crippen LogP contribution in [0.25, 0.3) is 0 Å². The van der Waals surface area contributed by atoms with Crippen molar-refractivity contribution in [1.29, 1.82) is 0 Å². The summed E-state index contributed by atoms with van der Waals surface area (Å²) in [7, 11) is 2.90. The van der Waals surface area contributed by atoms with Crippen LogP contribution in [0.3, 0.4) is 0 Å². The number of likely N-dealkylation sites (N-methyl/N-ethyl adjacent to an activating group) is 1. The smallest absolute Gasteiger partial charge is 0.328 e. The number of esters is 1. The summed E-state index contributed by atoms with van der Waals surface area (Å²) in [5, 5.41) is 0. The van der Waals surface area contributed by atoms with E-state index in [4.69, 9.17) is 0 Å². The second-order valence-electron chi connectivity index (χ2n) is 4.07. The average molecular weight is 314 g/mol. The van der Waals surface area contributed by atoms with Crippen molar-refractivity contribution in [2.24, 2.45) is 0 Å². The first-order valence-electron chi connectivity index (χ1n) is 5.49. The third-order valence-electron chi connectivity index (χ3n) is 2.86. The van der Waals surface area contributed by atoms with Crippen LogP contribution in [0.4, 0.5) is 0 Å². The summed E-state index contributed by atoms with van der Waals surface area (Å²) in [5.74, 6) is -0.626. The molecule has 1 amide bonds. The number of amides is 1. The van der Waals surface area contributed by atoms with E-state index in [0.29, 0.717) is 5.56 Å². The summed E-state index contributed by atoms with van der Waals surface area (Å²) in [6, 6.07) is 4.80. The van der Waals surface area contributed by atoms with Crippen LogP contribution in [0, 0.1) is 6.92 Å². The van der Waals surface area contributed by atoms with Crippen LogP contribution in [-0.4, -0.2) is 37.0 Å². The van der Waals surface area contributed by atoms with Gasteiger partial charge in [-0.25, -0.2) is 4.79 Å². The van der Waals surface area contributed by atoms with Crippen molar-refractivity contribution in [3.63, 3.8) is 0 Å². The molecule has 0 aromatic heterocycles. The lowest BCUT2D eigenvalue weighted by Gasteiger charge is -2.23. The first-order chi connectivity index (χ1) is 8.38. The molecule has 1 rings (SSSR count). The Hall–Kier alpha value is -1.36. The predicted octanol–water partition coefficient (Wildman–Crippen LogP) is 2.39. The maximum atomic E-state index is 12.2. The predicted molar refractivity (Wildman–Crippen MR) is 72.5 cm³/mol. The molecule has 0 aliphatic carbocycles. The molecule has 0 saturated carbocycles. The molecule has 0 fully saturated rings. The number of benzene rings is 1. The monoisotopic (exact) mass is 313 g/mol. The Kier molecular flexibility index (Phi) is 4.90. The Morgan fingerprint density at radius 3 is 2.50 bits per heavy atom. The minimum Gasteiger partial charge on any atom is -0.467 e. The highest BCUT2D eigenvalue weighted by Gasteiger charge is 2.24. The lowest BCUT2D eigenvalue weighted by atomic mass is 10.1. The van der Waals surface area contributed by atoms with Gasteiger partial charge in [0.25, 0.3) is 5.91 Å². The maximum absolute atomic E-state index is 12.2. The Labute approximate surface area is 115 Å². The van der Waals surface area contributed by atoms with Gasteiger partial charge in [-0.3, -0.25) is 4.79 Å². The summed E-state index contributed by atoms with van der Waals surface area (Å²) in [4.78, 5) is 25.0. The van der Waals surface area contributed by atoms with Crippen molar-refractivity contribution >= 4 is 27.8 Å². The minimum absolute atomic E-state index is 0.196. The largest absolute Gasteiger partial charge is 0.467 e. The van der Waals surface area contributed by atoms with E-state index in [1.165, 1.54) is 12.0 Å². The van der Waals surface area contributed by atoms with E-state index in [1.54, 1.807) is 26.1 Å².